The van der Waals surface area contributed by atoms with Crippen molar-refractivity contribution in [2.45, 2.75) is 32.4 Å². The third-order valence-electron chi connectivity index (χ3n) is 4.08. The monoisotopic (exact) mass is 247 g/mol. The molecule has 100 valence electrons. The Bertz CT molecular complexity index is 412. The van der Waals surface area contributed by atoms with Crippen LogP contribution in [-0.4, -0.2) is 37.1 Å². The molecule has 1 aromatic carbocycles. The molecule has 1 aliphatic heterocycles. The number of hydrogen-bond donors (Lipinski definition) is 1. The number of rotatable bonds is 2. The van der Waals surface area contributed by atoms with Gasteiger partial charge in [0.05, 0.1) is 0 Å². The molecule has 1 aliphatic rings. The fourth-order valence-corrected chi connectivity index (χ4v) is 2.61. The summed E-state index contributed by atoms with van der Waals surface area (Å²) in [5, 5.41) is 0. The highest BCUT2D eigenvalue weighted by Crippen LogP contribution is 2.29. The van der Waals surface area contributed by atoms with Gasteiger partial charge in [-0.05, 0) is 39.4 Å². The zero-order valence-electron chi connectivity index (χ0n) is 12.0. The summed E-state index contributed by atoms with van der Waals surface area (Å²) in [4.78, 5) is 4.90. The minimum Gasteiger partial charge on any atom is -0.368 e. The van der Waals surface area contributed by atoms with E-state index < -0.39 is 0 Å². The van der Waals surface area contributed by atoms with Gasteiger partial charge in [-0.2, -0.15) is 0 Å². The predicted octanol–water partition coefficient (Wildman–Crippen LogP) is 2.24. The number of piperazine rings is 1. The van der Waals surface area contributed by atoms with Crippen molar-refractivity contribution < 1.29 is 0 Å². The molecule has 0 unspecified atom stereocenters. The lowest BCUT2D eigenvalue weighted by Gasteiger charge is -2.46. The van der Waals surface area contributed by atoms with Gasteiger partial charge < -0.3 is 10.6 Å². The van der Waals surface area contributed by atoms with Crippen LogP contribution in [0.5, 0.6) is 0 Å². The van der Waals surface area contributed by atoms with Gasteiger partial charge in [0.25, 0.3) is 0 Å². The van der Waals surface area contributed by atoms with Crippen LogP contribution in [0.4, 0.5) is 5.69 Å². The summed E-state index contributed by atoms with van der Waals surface area (Å²) in [7, 11) is 2.20. The lowest BCUT2D eigenvalue weighted by Crippen LogP contribution is -2.57. The van der Waals surface area contributed by atoms with E-state index in [4.69, 9.17) is 5.73 Å². The van der Waals surface area contributed by atoms with Crippen molar-refractivity contribution in [2.75, 3.05) is 31.6 Å². The number of para-hydroxylation sites is 1. The van der Waals surface area contributed by atoms with Crippen LogP contribution in [0.2, 0.25) is 0 Å². The number of anilines is 1. The highest BCUT2D eigenvalue weighted by molar-refractivity contribution is 5.55. The van der Waals surface area contributed by atoms with Crippen LogP contribution in [0.25, 0.3) is 0 Å². The van der Waals surface area contributed by atoms with E-state index in [9.17, 15) is 0 Å². The molecule has 0 radical (unpaired) electrons. The normalized spacial score (nSPS) is 21.9. The Morgan fingerprint density at radius 1 is 1.22 bits per heavy atom. The van der Waals surface area contributed by atoms with Crippen molar-refractivity contribution in [3.8, 4) is 0 Å². The van der Waals surface area contributed by atoms with Gasteiger partial charge in [0, 0.05) is 36.9 Å². The van der Waals surface area contributed by atoms with Crippen molar-refractivity contribution in [3.63, 3.8) is 0 Å². The molecular weight excluding hydrogens is 222 g/mol. The Balaban J connectivity index is 2.27. The fraction of sp³-hybridized carbons (Fsp3) is 0.600. The smallest absolute Gasteiger partial charge is 0.0415 e. The third kappa shape index (κ3) is 2.52. The van der Waals surface area contributed by atoms with Gasteiger partial charge in [0.2, 0.25) is 0 Å². The SMILES string of the molecule is C[C@@H](N)c1ccccc1N1CCN(C)C(C)(C)C1. The van der Waals surface area contributed by atoms with Crippen molar-refractivity contribution >= 4 is 5.69 Å². The molecule has 0 saturated carbocycles. The van der Waals surface area contributed by atoms with E-state index in [1.165, 1.54) is 11.3 Å². The molecule has 2 rings (SSSR count). The predicted molar refractivity (Wildman–Crippen MR) is 78.0 cm³/mol. The van der Waals surface area contributed by atoms with E-state index in [2.05, 4.69) is 61.9 Å². The van der Waals surface area contributed by atoms with Gasteiger partial charge in [0.15, 0.2) is 0 Å². The van der Waals surface area contributed by atoms with Crippen LogP contribution in [0.3, 0.4) is 0 Å². The molecule has 3 heteroatoms. The number of likely N-dealkylation sites (N-methyl/N-ethyl adjacent to an activating group) is 1. The molecule has 0 aliphatic carbocycles. The molecule has 2 N–H and O–H groups in total. The van der Waals surface area contributed by atoms with Crippen LogP contribution in [0.15, 0.2) is 24.3 Å². The van der Waals surface area contributed by atoms with Gasteiger partial charge in [0.1, 0.15) is 0 Å². The molecule has 1 heterocycles. The second-order valence-electron chi connectivity index (χ2n) is 6.00. The lowest BCUT2D eigenvalue weighted by molar-refractivity contribution is 0.138. The van der Waals surface area contributed by atoms with Crippen molar-refractivity contribution in [1.82, 2.24) is 4.90 Å². The minimum absolute atomic E-state index is 0.0870. The zero-order chi connectivity index (χ0) is 13.3. The minimum atomic E-state index is 0.0870. The maximum atomic E-state index is 6.08. The topological polar surface area (TPSA) is 32.5 Å². The van der Waals surface area contributed by atoms with Gasteiger partial charge >= 0.3 is 0 Å². The number of hydrogen-bond acceptors (Lipinski definition) is 3. The number of benzene rings is 1. The largest absolute Gasteiger partial charge is 0.368 e. The maximum Gasteiger partial charge on any atom is 0.0415 e. The lowest BCUT2D eigenvalue weighted by atomic mass is 9.97. The molecule has 1 atom stereocenters. The van der Waals surface area contributed by atoms with E-state index in [0.29, 0.717) is 0 Å². The first-order valence-electron chi connectivity index (χ1n) is 6.72. The van der Waals surface area contributed by atoms with Crippen molar-refractivity contribution in [3.05, 3.63) is 29.8 Å². The second-order valence-corrected chi connectivity index (χ2v) is 6.00. The molecule has 18 heavy (non-hydrogen) atoms. The standard InChI is InChI=1S/C15H25N3/c1-12(16)13-7-5-6-8-14(13)18-10-9-17(4)15(2,3)11-18/h5-8,12H,9-11,16H2,1-4H3/t12-/m1/s1. The van der Waals surface area contributed by atoms with Crippen molar-refractivity contribution in [2.24, 2.45) is 5.73 Å². The van der Waals surface area contributed by atoms with Crippen molar-refractivity contribution in [1.29, 1.82) is 0 Å². The molecule has 1 fully saturated rings. The summed E-state index contributed by atoms with van der Waals surface area (Å²) in [6.45, 7) is 9.87. The summed E-state index contributed by atoms with van der Waals surface area (Å²) in [5.74, 6) is 0. The van der Waals surface area contributed by atoms with Crippen LogP contribution in [-0.2, 0) is 0 Å². The molecule has 0 spiro atoms. The molecule has 0 aromatic heterocycles. The summed E-state index contributed by atoms with van der Waals surface area (Å²) in [6.07, 6.45) is 0. The van der Waals surface area contributed by atoms with Gasteiger partial charge in [-0.3, -0.25) is 4.90 Å². The number of nitrogens with two attached hydrogens (primary N) is 1. The third-order valence-corrected chi connectivity index (χ3v) is 4.08. The van der Waals surface area contributed by atoms with E-state index in [-0.39, 0.29) is 11.6 Å². The van der Waals surface area contributed by atoms with E-state index in [0.717, 1.165) is 19.6 Å². The van der Waals surface area contributed by atoms with Crippen LogP contribution < -0.4 is 10.6 Å². The zero-order valence-corrected chi connectivity index (χ0v) is 12.0. The van der Waals surface area contributed by atoms with Crippen LogP contribution in [0.1, 0.15) is 32.4 Å². The van der Waals surface area contributed by atoms with Crippen LogP contribution in [0, 0.1) is 0 Å². The van der Waals surface area contributed by atoms with Gasteiger partial charge in [-0.1, -0.05) is 18.2 Å². The molecule has 1 saturated heterocycles. The summed E-state index contributed by atoms with van der Waals surface area (Å²) >= 11 is 0. The highest BCUT2D eigenvalue weighted by atomic mass is 15.3. The van der Waals surface area contributed by atoms with Gasteiger partial charge in [-0.15, -0.1) is 0 Å². The molecule has 1 aromatic rings. The van der Waals surface area contributed by atoms with E-state index in [1.54, 1.807) is 0 Å². The first-order valence-corrected chi connectivity index (χ1v) is 6.72. The highest BCUT2D eigenvalue weighted by Gasteiger charge is 2.31. The fourth-order valence-electron chi connectivity index (χ4n) is 2.61. The summed E-state index contributed by atoms with van der Waals surface area (Å²) < 4.78 is 0. The Kier molecular flexibility index (Phi) is 3.64. The first kappa shape index (κ1) is 13.4. The molecule has 3 nitrogen and oxygen atoms in total. The van der Waals surface area contributed by atoms with E-state index in [1.807, 2.05) is 0 Å². The Hall–Kier alpha value is -1.06. The first-order chi connectivity index (χ1) is 8.42. The Morgan fingerprint density at radius 2 is 1.89 bits per heavy atom. The van der Waals surface area contributed by atoms with E-state index >= 15 is 0 Å². The average Bonchev–Trinajstić information content (AvgIpc) is 2.32. The molecular formula is C15H25N3. The quantitative estimate of drug-likeness (QED) is 0.870. The summed E-state index contributed by atoms with van der Waals surface area (Å²) in [6, 6.07) is 8.60. The molecule has 0 amide bonds. The average molecular weight is 247 g/mol. The number of nitrogens with zero attached hydrogens (tertiary/aromatic N) is 2. The van der Waals surface area contributed by atoms with Gasteiger partial charge in [-0.25, -0.2) is 0 Å². The Morgan fingerprint density at radius 3 is 2.50 bits per heavy atom. The maximum absolute atomic E-state index is 6.08. The molecule has 0 bridgehead atoms. The second kappa shape index (κ2) is 4.90. The Labute approximate surface area is 111 Å². The summed E-state index contributed by atoms with van der Waals surface area (Å²) in [5.41, 5.74) is 8.84. The van der Waals surface area contributed by atoms with Crippen LogP contribution >= 0.6 is 0 Å².